The highest BCUT2D eigenvalue weighted by Crippen LogP contribution is 2.30. The summed E-state index contributed by atoms with van der Waals surface area (Å²) in [6.07, 6.45) is 1.04. The fourth-order valence-corrected chi connectivity index (χ4v) is 2.66. The van der Waals surface area contributed by atoms with E-state index in [9.17, 15) is 14.3 Å². The molecule has 0 bridgehead atoms. The Morgan fingerprint density at radius 3 is 2.54 bits per heavy atom. The van der Waals surface area contributed by atoms with Crippen LogP contribution in [-0.2, 0) is 0 Å². The van der Waals surface area contributed by atoms with Crippen LogP contribution in [0.5, 0.6) is 0 Å². The number of aliphatic hydroxyl groups is 1. The molecule has 0 aliphatic heterocycles. The Labute approximate surface area is 140 Å². The van der Waals surface area contributed by atoms with Crippen LogP contribution >= 0.6 is 0 Å². The van der Waals surface area contributed by atoms with Crippen LogP contribution in [0.25, 0.3) is 0 Å². The van der Waals surface area contributed by atoms with Crippen LogP contribution in [0.4, 0.5) is 14.9 Å². The lowest BCUT2D eigenvalue weighted by atomic mass is 10.1. The maximum atomic E-state index is 13.0. The molecule has 1 atom stereocenters. The molecule has 126 valence electrons. The number of amides is 2. The molecule has 2 amide bonds. The summed E-state index contributed by atoms with van der Waals surface area (Å²) in [7, 11) is 0. The Morgan fingerprint density at radius 1 is 1.25 bits per heavy atom. The van der Waals surface area contributed by atoms with E-state index in [0.29, 0.717) is 5.56 Å². The van der Waals surface area contributed by atoms with E-state index in [-0.39, 0.29) is 24.4 Å². The van der Waals surface area contributed by atoms with Crippen molar-refractivity contribution in [3.8, 4) is 0 Å². The fraction of sp³-hybridized carbons (Fsp3) is 0.316. The molecule has 4 nitrogen and oxygen atoms in total. The molecular formula is C19H21FN2O2. The van der Waals surface area contributed by atoms with Gasteiger partial charge in [0, 0.05) is 11.7 Å². The Kier molecular flexibility index (Phi) is 4.81. The lowest BCUT2D eigenvalue weighted by Gasteiger charge is -2.26. The number of urea groups is 1. The van der Waals surface area contributed by atoms with Gasteiger partial charge in [0.1, 0.15) is 5.82 Å². The van der Waals surface area contributed by atoms with Gasteiger partial charge in [0.25, 0.3) is 0 Å². The number of hydrogen-bond acceptors (Lipinski definition) is 2. The van der Waals surface area contributed by atoms with Crippen molar-refractivity contribution in [2.45, 2.75) is 31.9 Å². The molecule has 1 aliphatic carbocycles. The van der Waals surface area contributed by atoms with Crippen molar-refractivity contribution in [3.63, 3.8) is 0 Å². The SMILES string of the molecule is Cc1ccccc1NC(=O)N(CC(O)c1ccc(F)cc1)C1CC1. The second kappa shape index (κ2) is 7.01. The highest BCUT2D eigenvalue weighted by atomic mass is 19.1. The lowest BCUT2D eigenvalue weighted by Crippen LogP contribution is -2.39. The molecule has 24 heavy (non-hydrogen) atoms. The summed E-state index contributed by atoms with van der Waals surface area (Å²) in [6.45, 7) is 2.12. The highest BCUT2D eigenvalue weighted by molar-refractivity contribution is 5.90. The predicted octanol–water partition coefficient (Wildman–Crippen LogP) is 3.86. The molecule has 2 aromatic carbocycles. The molecule has 1 fully saturated rings. The Bertz CT molecular complexity index is 714. The van der Waals surface area contributed by atoms with Gasteiger partial charge >= 0.3 is 6.03 Å². The number of benzene rings is 2. The number of carbonyl (C=O) groups excluding carboxylic acids is 1. The number of aliphatic hydroxyl groups excluding tert-OH is 1. The van der Waals surface area contributed by atoms with E-state index in [1.54, 1.807) is 17.0 Å². The van der Waals surface area contributed by atoms with Crippen LogP contribution in [0.15, 0.2) is 48.5 Å². The zero-order valence-corrected chi connectivity index (χ0v) is 13.6. The van der Waals surface area contributed by atoms with Gasteiger partial charge in [0.2, 0.25) is 0 Å². The Balaban J connectivity index is 1.69. The minimum Gasteiger partial charge on any atom is -0.387 e. The second-order valence-electron chi connectivity index (χ2n) is 6.20. The van der Waals surface area contributed by atoms with Gasteiger partial charge in [-0.15, -0.1) is 0 Å². The van der Waals surface area contributed by atoms with Crippen LogP contribution in [0, 0.1) is 12.7 Å². The van der Waals surface area contributed by atoms with E-state index in [2.05, 4.69) is 5.32 Å². The van der Waals surface area contributed by atoms with E-state index in [4.69, 9.17) is 0 Å². The minimum absolute atomic E-state index is 0.157. The molecule has 0 heterocycles. The van der Waals surface area contributed by atoms with Gasteiger partial charge < -0.3 is 15.3 Å². The third-order valence-electron chi connectivity index (χ3n) is 4.26. The van der Waals surface area contributed by atoms with Crippen molar-refractivity contribution in [1.82, 2.24) is 4.90 Å². The summed E-state index contributed by atoms with van der Waals surface area (Å²) < 4.78 is 13.0. The molecule has 0 radical (unpaired) electrons. The van der Waals surface area contributed by atoms with E-state index >= 15 is 0 Å². The third kappa shape index (κ3) is 3.92. The van der Waals surface area contributed by atoms with Crippen molar-refractivity contribution < 1.29 is 14.3 Å². The summed E-state index contributed by atoms with van der Waals surface area (Å²) in [5, 5.41) is 13.3. The zero-order valence-electron chi connectivity index (χ0n) is 13.6. The Hall–Kier alpha value is -2.40. The van der Waals surface area contributed by atoms with Crippen molar-refractivity contribution >= 4 is 11.7 Å². The summed E-state index contributed by atoms with van der Waals surface area (Å²) in [5.74, 6) is -0.345. The number of nitrogens with zero attached hydrogens (tertiary/aromatic N) is 1. The quantitative estimate of drug-likeness (QED) is 0.875. The first-order chi connectivity index (χ1) is 11.5. The van der Waals surface area contributed by atoms with E-state index in [1.807, 2.05) is 31.2 Å². The van der Waals surface area contributed by atoms with Crippen molar-refractivity contribution in [3.05, 3.63) is 65.5 Å². The number of aryl methyl sites for hydroxylation is 1. The van der Waals surface area contributed by atoms with Gasteiger partial charge in [-0.1, -0.05) is 30.3 Å². The number of rotatable bonds is 5. The molecule has 0 spiro atoms. The molecule has 1 saturated carbocycles. The normalized spacial score (nSPS) is 15.0. The molecule has 0 aromatic heterocycles. The van der Waals surface area contributed by atoms with Crippen LogP contribution in [0.3, 0.4) is 0 Å². The van der Waals surface area contributed by atoms with Crippen LogP contribution in [0.1, 0.15) is 30.1 Å². The fourth-order valence-electron chi connectivity index (χ4n) is 2.66. The smallest absolute Gasteiger partial charge is 0.322 e. The van der Waals surface area contributed by atoms with Crippen LogP contribution in [0.2, 0.25) is 0 Å². The van der Waals surface area contributed by atoms with Gasteiger partial charge in [-0.05, 0) is 49.1 Å². The average Bonchev–Trinajstić information content (AvgIpc) is 3.40. The van der Waals surface area contributed by atoms with Crippen LogP contribution < -0.4 is 5.32 Å². The molecule has 2 N–H and O–H groups in total. The summed E-state index contributed by atoms with van der Waals surface area (Å²) in [5.41, 5.74) is 2.36. The first-order valence-corrected chi connectivity index (χ1v) is 8.11. The first kappa shape index (κ1) is 16.5. The van der Waals surface area contributed by atoms with Crippen molar-refractivity contribution in [1.29, 1.82) is 0 Å². The number of nitrogens with one attached hydrogen (secondary N) is 1. The average molecular weight is 328 g/mol. The number of para-hydroxylation sites is 1. The third-order valence-corrected chi connectivity index (χ3v) is 4.26. The number of carbonyl (C=O) groups is 1. The number of anilines is 1. The monoisotopic (exact) mass is 328 g/mol. The van der Waals surface area contributed by atoms with Gasteiger partial charge in [-0.2, -0.15) is 0 Å². The molecule has 2 aromatic rings. The van der Waals surface area contributed by atoms with Gasteiger partial charge in [0.05, 0.1) is 12.6 Å². The summed E-state index contributed by atoms with van der Waals surface area (Å²) in [6, 6.07) is 13.2. The van der Waals surface area contributed by atoms with Crippen molar-refractivity contribution in [2.24, 2.45) is 0 Å². The maximum Gasteiger partial charge on any atom is 0.322 e. The number of hydrogen-bond donors (Lipinski definition) is 2. The first-order valence-electron chi connectivity index (χ1n) is 8.11. The zero-order chi connectivity index (χ0) is 17.1. The maximum absolute atomic E-state index is 13.0. The van der Waals surface area contributed by atoms with Gasteiger partial charge in [-0.3, -0.25) is 0 Å². The van der Waals surface area contributed by atoms with Crippen LogP contribution in [-0.4, -0.2) is 28.6 Å². The van der Waals surface area contributed by atoms with Gasteiger partial charge in [0.15, 0.2) is 0 Å². The summed E-state index contributed by atoms with van der Waals surface area (Å²) in [4.78, 5) is 14.3. The number of halogens is 1. The molecule has 0 saturated heterocycles. The molecular weight excluding hydrogens is 307 g/mol. The lowest BCUT2D eigenvalue weighted by molar-refractivity contribution is 0.123. The topological polar surface area (TPSA) is 52.6 Å². The van der Waals surface area contributed by atoms with E-state index in [0.717, 1.165) is 24.1 Å². The van der Waals surface area contributed by atoms with Crippen molar-refractivity contribution in [2.75, 3.05) is 11.9 Å². The van der Waals surface area contributed by atoms with E-state index in [1.165, 1.54) is 12.1 Å². The predicted molar refractivity (Wildman–Crippen MR) is 91.3 cm³/mol. The summed E-state index contributed by atoms with van der Waals surface area (Å²) >= 11 is 0. The molecule has 5 heteroatoms. The highest BCUT2D eigenvalue weighted by Gasteiger charge is 2.34. The standard InChI is InChI=1S/C19H21FN2O2/c1-13-4-2-3-5-17(13)21-19(24)22(16-10-11-16)12-18(23)14-6-8-15(20)9-7-14/h2-9,16,18,23H,10-12H2,1H3,(H,21,24). The molecule has 1 aliphatic rings. The van der Waals surface area contributed by atoms with E-state index < -0.39 is 6.10 Å². The second-order valence-corrected chi connectivity index (χ2v) is 6.20. The Morgan fingerprint density at radius 2 is 1.92 bits per heavy atom. The largest absolute Gasteiger partial charge is 0.387 e. The minimum atomic E-state index is -0.839. The molecule has 1 unspecified atom stereocenters. The van der Waals surface area contributed by atoms with Gasteiger partial charge in [-0.25, -0.2) is 9.18 Å². The molecule has 3 rings (SSSR count).